The van der Waals surface area contributed by atoms with Crippen LogP contribution in [0.4, 0.5) is 13.2 Å². The second-order valence-electron chi connectivity index (χ2n) is 6.77. The van der Waals surface area contributed by atoms with Gasteiger partial charge in [-0.15, -0.1) is 10.2 Å². The molecule has 5 rings (SSSR count). The number of alkyl halides is 3. The first-order chi connectivity index (χ1) is 16.2. The molecule has 3 heterocycles. The quantitative estimate of drug-likeness (QED) is 0.277. The van der Waals surface area contributed by atoms with Gasteiger partial charge in [0.25, 0.3) is 5.19 Å². The molecule has 0 aliphatic rings. The van der Waals surface area contributed by atoms with Gasteiger partial charge in [0.1, 0.15) is 17.0 Å². The van der Waals surface area contributed by atoms with Crippen LogP contribution in [0, 0.1) is 0 Å². The molecular weight excluding hydrogens is 532 g/mol. The molecule has 0 spiro atoms. The molecule has 0 atom stereocenters. The Hall–Kier alpha value is -2.93. The Balaban J connectivity index is 1.59. The van der Waals surface area contributed by atoms with Crippen LogP contribution in [-0.4, -0.2) is 34.8 Å². The SMILES string of the molecule is Oc1ncc(-c2nc3cc(Cl)c(Cl)cc3nc2Sc2nncn2-c2ccc(C(F)(F)F)cc2)s1. The first-order valence-corrected chi connectivity index (χ1v) is 11.7. The van der Waals surface area contributed by atoms with E-state index in [0.717, 1.165) is 35.2 Å². The van der Waals surface area contributed by atoms with Crippen molar-refractivity contribution < 1.29 is 18.3 Å². The summed E-state index contributed by atoms with van der Waals surface area (Å²) in [5.41, 5.74) is 1.03. The van der Waals surface area contributed by atoms with Crippen LogP contribution in [-0.2, 0) is 6.18 Å². The summed E-state index contributed by atoms with van der Waals surface area (Å²) in [6.07, 6.45) is -1.60. The minimum atomic E-state index is -4.44. The summed E-state index contributed by atoms with van der Waals surface area (Å²) in [4.78, 5) is 13.7. The van der Waals surface area contributed by atoms with Crippen molar-refractivity contribution in [2.24, 2.45) is 0 Å². The third-order valence-electron chi connectivity index (χ3n) is 4.58. The Morgan fingerprint density at radius 1 is 1.00 bits per heavy atom. The number of aromatic nitrogens is 6. The minimum Gasteiger partial charge on any atom is -0.486 e. The van der Waals surface area contributed by atoms with E-state index >= 15 is 0 Å². The van der Waals surface area contributed by atoms with E-state index in [0.29, 0.717) is 47.5 Å². The number of hydrogen-bond acceptors (Lipinski definition) is 8. The van der Waals surface area contributed by atoms with Crippen LogP contribution in [0.15, 0.2) is 59.1 Å². The molecule has 0 saturated carbocycles. The molecule has 0 aliphatic carbocycles. The van der Waals surface area contributed by atoms with E-state index in [2.05, 4.69) is 25.1 Å². The third kappa shape index (κ3) is 4.41. The van der Waals surface area contributed by atoms with Gasteiger partial charge in [-0.1, -0.05) is 34.5 Å². The van der Waals surface area contributed by atoms with Gasteiger partial charge < -0.3 is 5.11 Å². The maximum Gasteiger partial charge on any atom is 0.416 e. The highest BCUT2D eigenvalue weighted by atomic mass is 35.5. The molecule has 5 aromatic rings. The van der Waals surface area contributed by atoms with Crippen LogP contribution in [0.2, 0.25) is 10.0 Å². The van der Waals surface area contributed by atoms with Gasteiger partial charge in [-0.2, -0.15) is 13.2 Å². The van der Waals surface area contributed by atoms with Gasteiger partial charge in [0.05, 0.1) is 37.7 Å². The van der Waals surface area contributed by atoms with Crippen molar-refractivity contribution in [3.8, 4) is 21.5 Å². The fraction of sp³-hybridized carbons (Fsp3) is 0.0500. The summed E-state index contributed by atoms with van der Waals surface area (Å²) in [5.74, 6) is 0. The van der Waals surface area contributed by atoms with Crippen molar-refractivity contribution in [2.45, 2.75) is 16.4 Å². The monoisotopic (exact) mass is 540 g/mol. The summed E-state index contributed by atoms with van der Waals surface area (Å²) >= 11 is 14.4. The van der Waals surface area contributed by atoms with E-state index < -0.39 is 11.7 Å². The second kappa shape index (κ2) is 8.69. The van der Waals surface area contributed by atoms with Gasteiger partial charge in [-0.3, -0.25) is 4.57 Å². The summed E-state index contributed by atoms with van der Waals surface area (Å²) in [6, 6.07) is 7.77. The van der Waals surface area contributed by atoms with Crippen LogP contribution in [0.1, 0.15) is 5.56 Å². The zero-order valence-electron chi connectivity index (χ0n) is 16.5. The Morgan fingerprint density at radius 2 is 1.68 bits per heavy atom. The zero-order valence-corrected chi connectivity index (χ0v) is 19.6. The van der Waals surface area contributed by atoms with Crippen molar-refractivity contribution in [3.63, 3.8) is 0 Å². The van der Waals surface area contributed by atoms with E-state index in [1.54, 1.807) is 12.1 Å². The van der Waals surface area contributed by atoms with Crippen LogP contribution in [0.5, 0.6) is 5.19 Å². The van der Waals surface area contributed by atoms with E-state index in [-0.39, 0.29) is 5.19 Å². The topological polar surface area (TPSA) is 89.6 Å². The van der Waals surface area contributed by atoms with Crippen LogP contribution in [0.3, 0.4) is 0 Å². The summed E-state index contributed by atoms with van der Waals surface area (Å²) < 4.78 is 40.3. The second-order valence-corrected chi connectivity index (χ2v) is 9.55. The lowest BCUT2D eigenvalue weighted by molar-refractivity contribution is -0.137. The molecule has 14 heteroatoms. The normalized spacial score (nSPS) is 11.9. The molecule has 34 heavy (non-hydrogen) atoms. The molecule has 0 aliphatic heterocycles. The van der Waals surface area contributed by atoms with Crippen molar-refractivity contribution in [1.29, 1.82) is 0 Å². The van der Waals surface area contributed by atoms with Gasteiger partial charge in [-0.25, -0.2) is 15.0 Å². The lowest BCUT2D eigenvalue weighted by Gasteiger charge is -2.11. The molecule has 0 saturated heterocycles. The molecule has 172 valence electrons. The van der Waals surface area contributed by atoms with E-state index in [4.69, 9.17) is 23.2 Å². The summed E-state index contributed by atoms with van der Waals surface area (Å²) in [5, 5.41) is 18.9. The van der Waals surface area contributed by atoms with Crippen molar-refractivity contribution in [1.82, 2.24) is 29.7 Å². The summed E-state index contributed by atoms with van der Waals surface area (Å²) in [7, 11) is 0. The van der Waals surface area contributed by atoms with E-state index in [1.807, 2.05) is 0 Å². The lowest BCUT2D eigenvalue weighted by Crippen LogP contribution is -2.05. The van der Waals surface area contributed by atoms with Crippen LogP contribution < -0.4 is 0 Å². The molecule has 7 nitrogen and oxygen atoms in total. The third-order valence-corrected chi connectivity index (χ3v) is 7.05. The standard InChI is InChI=1S/C20H9Cl2F3N6OS2/c21-11-5-13-14(6-12(11)22)29-17(16(28-13)15-7-26-19(32)33-15)34-18-30-27-8-31(18)10-3-1-9(2-4-10)20(23,24)25/h1-8H,(H,26,32). The predicted molar refractivity (Wildman–Crippen MR) is 123 cm³/mol. The van der Waals surface area contributed by atoms with E-state index in [1.165, 1.54) is 29.2 Å². The lowest BCUT2D eigenvalue weighted by atomic mass is 10.2. The number of rotatable bonds is 4. The molecule has 0 bridgehead atoms. The molecule has 0 unspecified atom stereocenters. The molecule has 3 aromatic heterocycles. The van der Waals surface area contributed by atoms with Gasteiger partial charge in [-0.05, 0) is 48.2 Å². The molecule has 0 amide bonds. The largest absolute Gasteiger partial charge is 0.486 e. The Labute approximate surface area is 207 Å². The minimum absolute atomic E-state index is 0.144. The number of fused-ring (bicyclic) bond motifs is 1. The Kier molecular flexibility index (Phi) is 5.84. The van der Waals surface area contributed by atoms with Crippen LogP contribution >= 0.6 is 46.3 Å². The molecular formula is C20H9Cl2F3N6OS2. The van der Waals surface area contributed by atoms with Crippen molar-refractivity contribution >= 4 is 57.3 Å². The van der Waals surface area contributed by atoms with Gasteiger partial charge >= 0.3 is 6.18 Å². The smallest absolute Gasteiger partial charge is 0.416 e. The number of halogens is 5. The van der Waals surface area contributed by atoms with Gasteiger partial charge in [0.15, 0.2) is 0 Å². The highest BCUT2D eigenvalue weighted by Gasteiger charge is 2.30. The van der Waals surface area contributed by atoms with Crippen molar-refractivity contribution in [2.75, 3.05) is 0 Å². The Bertz CT molecular complexity index is 1520. The average Bonchev–Trinajstić information content (AvgIpc) is 3.43. The fourth-order valence-corrected chi connectivity index (χ4v) is 4.95. The van der Waals surface area contributed by atoms with Crippen LogP contribution in [0.25, 0.3) is 27.3 Å². The van der Waals surface area contributed by atoms with E-state index in [9.17, 15) is 18.3 Å². The number of aromatic hydroxyl groups is 1. The number of hydrogen-bond donors (Lipinski definition) is 1. The fourth-order valence-electron chi connectivity index (χ4n) is 3.01. The molecule has 0 fully saturated rings. The average molecular weight is 541 g/mol. The predicted octanol–water partition coefficient (Wildman–Crippen LogP) is 6.52. The first kappa shape index (κ1) is 22.8. The molecule has 2 aromatic carbocycles. The van der Waals surface area contributed by atoms with Gasteiger partial charge in [0.2, 0.25) is 5.16 Å². The molecule has 0 radical (unpaired) electrons. The maximum atomic E-state index is 12.9. The summed E-state index contributed by atoms with van der Waals surface area (Å²) in [6.45, 7) is 0. The number of thiazole rings is 1. The first-order valence-electron chi connectivity index (χ1n) is 9.26. The highest BCUT2D eigenvalue weighted by molar-refractivity contribution is 7.99. The van der Waals surface area contributed by atoms with Crippen molar-refractivity contribution in [3.05, 3.63) is 64.5 Å². The highest BCUT2D eigenvalue weighted by Crippen LogP contribution is 2.39. The number of benzene rings is 2. The maximum absolute atomic E-state index is 12.9. The molecule has 1 N–H and O–H groups in total. The zero-order chi connectivity index (χ0) is 24.0. The number of nitrogens with zero attached hydrogens (tertiary/aromatic N) is 6. The Morgan fingerprint density at radius 3 is 2.29 bits per heavy atom. The van der Waals surface area contributed by atoms with Gasteiger partial charge in [0, 0.05) is 5.69 Å².